The molecule has 1 N–H and O–H groups in total. The number of rotatable bonds is 8. The molecule has 1 atom stereocenters. The lowest BCUT2D eigenvalue weighted by Gasteiger charge is -2.32. The van der Waals surface area contributed by atoms with Gasteiger partial charge in [-0.1, -0.05) is 48.0 Å². The maximum atomic E-state index is 12.8. The van der Waals surface area contributed by atoms with Crippen molar-refractivity contribution < 1.29 is 26.1 Å². The molecule has 9 heteroatoms. The largest absolute Gasteiger partial charge is 0.381 e. The second-order valence-corrected chi connectivity index (χ2v) is 10.1. The Labute approximate surface area is 160 Å². The Bertz CT molecular complexity index is 972. The van der Waals surface area contributed by atoms with Gasteiger partial charge in [0.1, 0.15) is 12.2 Å². The summed E-state index contributed by atoms with van der Waals surface area (Å²) < 4.78 is 54.1. The summed E-state index contributed by atoms with van der Waals surface area (Å²) in [6.45, 7) is 0.850. The molecule has 0 saturated heterocycles. The van der Waals surface area contributed by atoms with Gasteiger partial charge in [0, 0.05) is 13.6 Å². The quantitative estimate of drug-likeness (QED) is 0.658. The van der Waals surface area contributed by atoms with Crippen LogP contribution in [0.5, 0.6) is 0 Å². The predicted octanol–water partition coefficient (Wildman–Crippen LogP) is 1.48. The van der Waals surface area contributed by atoms with E-state index in [-0.39, 0.29) is 11.4 Å². The molecule has 0 bridgehead atoms. The standard InChI is InChI=1S/C18H23NO6S2/c1-15-9-11-17(12-10-15)27(23,24)19(2)13-18(20,14-25-26(3,21)22)16-7-5-4-6-8-16/h4-12,20H,13-14H2,1-3H3. The molecule has 2 rings (SSSR count). The molecule has 0 spiro atoms. The molecule has 2 aromatic carbocycles. The second kappa shape index (κ2) is 8.07. The van der Waals surface area contributed by atoms with Crippen LogP contribution in [-0.4, -0.2) is 52.7 Å². The molecular formula is C18H23NO6S2. The fraction of sp³-hybridized carbons (Fsp3) is 0.333. The van der Waals surface area contributed by atoms with Crippen LogP contribution in [0.25, 0.3) is 0 Å². The summed E-state index contributed by atoms with van der Waals surface area (Å²) in [5.41, 5.74) is -0.588. The fourth-order valence-corrected chi connectivity index (χ4v) is 4.15. The van der Waals surface area contributed by atoms with Gasteiger partial charge in [-0.15, -0.1) is 0 Å². The number of likely N-dealkylation sites (N-methyl/N-ethyl adjacent to an activating group) is 1. The van der Waals surface area contributed by atoms with Crippen molar-refractivity contribution in [2.24, 2.45) is 0 Å². The van der Waals surface area contributed by atoms with Crippen LogP contribution in [0.15, 0.2) is 59.5 Å². The molecule has 0 heterocycles. The fourth-order valence-electron chi connectivity index (χ4n) is 2.52. The average molecular weight is 414 g/mol. The molecule has 0 aromatic heterocycles. The summed E-state index contributed by atoms with van der Waals surface area (Å²) >= 11 is 0. The topological polar surface area (TPSA) is 101 Å². The van der Waals surface area contributed by atoms with Crippen molar-refractivity contribution in [2.75, 3.05) is 26.5 Å². The van der Waals surface area contributed by atoms with Gasteiger partial charge in [0.15, 0.2) is 0 Å². The van der Waals surface area contributed by atoms with E-state index in [1.54, 1.807) is 42.5 Å². The van der Waals surface area contributed by atoms with Crippen molar-refractivity contribution >= 4 is 20.1 Å². The van der Waals surface area contributed by atoms with Crippen LogP contribution < -0.4 is 0 Å². The first-order chi connectivity index (χ1) is 12.4. The summed E-state index contributed by atoms with van der Waals surface area (Å²) in [6, 6.07) is 14.5. The normalized spacial score (nSPS) is 14.9. The Morgan fingerprint density at radius 2 is 1.56 bits per heavy atom. The Hall–Kier alpha value is -1.78. The number of sulfonamides is 1. The van der Waals surface area contributed by atoms with E-state index in [1.807, 2.05) is 6.92 Å². The molecular weight excluding hydrogens is 390 g/mol. The number of hydrogen-bond donors (Lipinski definition) is 1. The van der Waals surface area contributed by atoms with E-state index in [2.05, 4.69) is 0 Å². The van der Waals surface area contributed by atoms with Crippen LogP contribution in [0.4, 0.5) is 0 Å². The summed E-state index contributed by atoms with van der Waals surface area (Å²) in [6.07, 6.45) is 0.866. The molecule has 1 unspecified atom stereocenters. The van der Waals surface area contributed by atoms with Crippen LogP contribution in [0.2, 0.25) is 0 Å². The van der Waals surface area contributed by atoms with E-state index >= 15 is 0 Å². The van der Waals surface area contributed by atoms with E-state index in [0.717, 1.165) is 16.1 Å². The molecule has 0 aliphatic carbocycles. The third-order valence-electron chi connectivity index (χ3n) is 4.04. The zero-order valence-corrected chi connectivity index (χ0v) is 17.0. The number of nitrogens with zero attached hydrogens (tertiary/aromatic N) is 1. The van der Waals surface area contributed by atoms with Gasteiger partial charge in [-0.2, -0.15) is 12.7 Å². The third kappa shape index (κ3) is 5.60. The zero-order valence-electron chi connectivity index (χ0n) is 15.4. The Kier molecular flexibility index (Phi) is 6.43. The summed E-state index contributed by atoms with van der Waals surface area (Å²) in [4.78, 5) is 0.0787. The molecule has 0 fully saturated rings. The highest BCUT2D eigenvalue weighted by Crippen LogP contribution is 2.26. The maximum Gasteiger partial charge on any atom is 0.264 e. The maximum absolute atomic E-state index is 12.8. The third-order valence-corrected chi connectivity index (χ3v) is 6.40. The lowest BCUT2D eigenvalue weighted by molar-refractivity contribution is -0.0179. The van der Waals surface area contributed by atoms with E-state index in [9.17, 15) is 21.9 Å². The van der Waals surface area contributed by atoms with Gasteiger partial charge in [-0.25, -0.2) is 8.42 Å². The number of benzene rings is 2. The highest BCUT2D eigenvalue weighted by atomic mass is 32.2. The van der Waals surface area contributed by atoms with Crippen LogP contribution in [0.1, 0.15) is 11.1 Å². The Balaban J connectivity index is 2.35. The van der Waals surface area contributed by atoms with Crippen molar-refractivity contribution in [3.05, 3.63) is 65.7 Å². The first-order valence-corrected chi connectivity index (χ1v) is 11.3. The van der Waals surface area contributed by atoms with Crippen molar-refractivity contribution in [3.8, 4) is 0 Å². The minimum absolute atomic E-state index is 0.0787. The molecule has 7 nitrogen and oxygen atoms in total. The lowest BCUT2D eigenvalue weighted by Crippen LogP contribution is -2.45. The molecule has 2 aromatic rings. The van der Waals surface area contributed by atoms with Crippen molar-refractivity contribution in [3.63, 3.8) is 0 Å². The SMILES string of the molecule is Cc1ccc(S(=O)(=O)N(C)CC(O)(COS(C)(=O)=O)c2ccccc2)cc1. The van der Waals surface area contributed by atoms with Crippen molar-refractivity contribution in [1.82, 2.24) is 4.31 Å². The number of hydrogen-bond acceptors (Lipinski definition) is 6. The summed E-state index contributed by atoms with van der Waals surface area (Å²) in [7, 11) is -6.38. The molecule has 0 aliphatic rings. The van der Waals surface area contributed by atoms with Gasteiger partial charge in [0.05, 0.1) is 11.2 Å². The lowest BCUT2D eigenvalue weighted by atomic mass is 9.95. The van der Waals surface area contributed by atoms with E-state index in [4.69, 9.17) is 4.18 Å². The van der Waals surface area contributed by atoms with Crippen molar-refractivity contribution in [2.45, 2.75) is 17.4 Å². The monoisotopic (exact) mass is 413 g/mol. The van der Waals surface area contributed by atoms with Crippen LogP contribution >= 0.6 is 0 Å². The molecule has 0 amide bonds. The van der Waals surface area contributed by atoms with E-state index in [1.165, 1.54) is 19.2 Å². The minimum atomic E-state index is -3.88. The number of aliphatic hydroxyl groups is 1. The highest BCUT2D eigenvalue weighted by Gasteiger charge is 2.36. The molecule has 0 radical (unpaired) electrons. The smallest absolute Gasteiger partial charge is 0.264 e. The van der Waals surface area contributed by atoms with Crippen molar-refractivity contribution in [1.29, 1.82) is 0 Å². The second-order valence-electron chi connectivity index (χ2n) is 6.44. The Morgan fingerprint density at radius 1 is 1.00 bits per heavy atom. The minimum Gasteiger partial charge on any atom is -0.381 e. The van der Waals surface area contributed by atoms with E-state index in [0.29, 0.717) is 5.56 Å². The predicted molar refractivity (Wildman–Crippen MR) is 102 cm³/mol. The Morgan fingerprint density at radius 3 is 2.07 bits per heavy atom. The van der Waals surface area contributed by atoms with Gasteiger partial charge in [0.25, 0.3) is 10.1 Å². The molecule has 0 aliphatic heterocycles. The van der Waals surface area contributed by atoms with E-state index < -0.39 is 32.3 Å². The van der Waals surface area contributed by atoms with Gasteiger partial charge < -0.3 is 5.11 Å². The first-order valence-electron chi connectivity index (χ1n) is 8.09. The molecule has 27 heavy (non-hydrogen) atoms. The summed E-state index contributed by atoms with van der Waals surface area (Å²) in [5, 5.41) is 11.1. The van der Waals surface area contributed by atoms with Gasteiger partial charge >= 0.3 is 0 Å². The van der Waals surface area contributed by atoms with Crippen LogP contribution in [0, 0.1) is 6.92 Å². The number of aryl methyl sites for hydroxylation is 1. The van der Waals surface area contributed by atoms with Gasteiger partial charge in [0.2, 0.25) is 10.0 Å². The van der Waals surface area contributed by atoms with Gasteiger partial charge in [-0.05, 0) is 24.6 Å². The molecule has 148 valence electrons. The summed E-state index contributed by atoms with van der Waals surface area (Å²) in [5.74, 6) is 0. The average Bonchev–Trinajstić information content (AvgIpc) is 2.60. The van der Waals surface area contributed by atoms with Gasteiger partial charge in [-0.3, -0.25) is 4.18 Å². The first kappa shape index (κ1) is 21.5. The van der Waals surface area contributed by atoms with Crippen LogP contribution in [0.3, 0.4) is 0 Å². The zero-order chi connectivity index (χ0) is 20.3. The molecule has 0 saturated carbocycles. The highest BCUT2D eigenvalue weighted by molar-refractivity contribution is 7.89. The van der Waals surface area contributed by atoms with Crippen LogP contribution in [-0.2, 0) is 29.9 Å².